The Balaban J connectivity index is 1.52. The topological polar surface area (TPSA) is 62.7 Å². The number of hydrazone groups is 1. The number of nitrogens with zero attached hydrogens (tertiary/aromatic N) is 1. The number of amides is 2. The van der Waals surface area contributed by atoms with Crippen LogP contribution >= 0.6 is 11.6 Å². The molecular weight excluding hydrogens is 362 g/mol. The third kappa shape index (κ3) is 6.29. The van der Waals surface area contributed by atoms with Gasteiger partial charge in [-0.2, -0.15) is 5.10 Å². The molecular formula is C21H24ClN3O2. The van der Waals surface area contributed by atoms with E-state index in [1.165, 1.54) is 19.3 Å². The minimum absolute atomic E-state index is 0.254. The first-order chi connectivity index (χ1) is 13.2. The van der Waals surface area contributed by atoms with Crippen LogP contribution in [0.25, 0.3) is 0 Å². The maximum absolute atomic E-state index is 11.9. The standard InChI is InChI=1S/C21H24ClN3O2/c22-18-12-10-16(11-13-18)15-27-20-9-5-4-6-17(20)14-23-25-21(26)24-19-7-2-1-3-8-19/h4-6,9-14,19H,1-3,7-8,15H2,(H2,24,25,26)/b23-14+. The van der Waals surface area contributed by atoms with Crippen molar-refractivity contribution in [2.45, 2.75) is 44.8 Å². The molecule has 0 radical (unpaired) electrons. The molecule has 2 amide bonds. The largest absolute Gasteiger partial charge is 0.488 e. The third-order valence-electron chi connectivity index (χ3n) is 4.54. The van der Waals surface area contributed by atoms with Gasteiger partial charge in [0.15, 0.2) is 0 Å². The minimum atomic E-state index is -0.266. The fourth-order valence-electron chi connectivity index (χ4n) is 3.09. The van der Waals surface area contributed by atoms with Gasteiger partial charge in [0, 0.05) is 16.6 Å². The second-order valence-electron chi connectivity index (χ2n) is 6.63. The van der Waals surface area contributed by atoms with Gasteiger partial charge in [0.05, 0.1) is 6.21 Å². The summed E-state index contributed by atoms with van der Waals surface area (Å²) in [5.74, 6) is 0.700. The smallest absolute Gasteiger partial charge is 0.335 e. The van der Waals surface area contributed by atoms with E-state index < -0.39 is 0 Å². The maximum atomic E-state index is 11.9. The van der Waals surface area contributed by atoms with Gasteiger partial charge in [-0.05, 0) is 42.7 Å². The summed E-state index contributed by atoms with van der Waals surface area (Å²) < 4.78 is 5.88. The van der Waals surface area contributed by atoms with Gasteiger partial charge < -0.3 is 10.1 Å². The molecule has 1 saturated carbocycles. The molecule has 27 heavy (non-hydrogen) atoms. The van der Waals surface area contributed by atoms with Crippen LogP contribution in [0, 0.1) is 0 Å². The summed E-state index contributed by atoms with van der Waals surface area (Å²) in [6.07, 6.45) is 7.28. The molecule has 1 aliphatic rings. The second-order valence-corrected chi connectivity index (χ2v) is 7.07. The molecule has 5 nitrogen and oxygen atoms in total. The Morgan fingerprint density at radius 1 is 1.11 bits per heavy atom. The Labute approximate surface area is 164 Å². The lowest BCUT2D eigenvalue weighted by Gasteiger charge is -2.22. The average Bonchev–Trinajstić information content (AvgIpc) is 2.69. The predicted molar refractivity (Wildman–Crippen MR) is 108 cm³/mol. The lowest BCUT2D eigenvalue weighted by molar-refractivity contribution is 0.233. The van der Waals surface area contributed by atoms with Gasteiger partial charge in [-0.3, -0.25) is 0 Å². The van der Waals surface area contributed by atoms with Crippen molar-refractivity contribution < 1.29 is 9.53 Å². The molecule has 0 saturated heterocycles. The molecule has 6 heteroatoms. The summed E-state index contributed by atoms with van der Waals surface area (Å²) in [4.78, 5) is 11.9. The Kier molecular flexibility index (Phi) is 7.11. The van der Waals surface area contributed by atoms with Crippen LogP contribution in [0.3, 0.4) is 0 Å². The summed E-state index contributed by atoms with van der Waals surface area (Å²) in [6, 6.07) is 15.1. The van der Waals surface area contributed by atoms with Crippen molar-refractivity contribution in [3.63, 3.8) is 0 Å². The van der Waals surface area contributed by atoms with Gasteiger partial charge in [0.1, 0.15) is 12.4 Å². The highest BCUT2D eigenvalue weighted by molar-refractivity contribution is 6.30. The monoisotopic (exact) mass is 385 g/mol. The molecule has 3 rings (SSSR count). The molecule has 0 unspecified atom stereocenters. The van der Waals surface area contributed by atoms with Crippen LogP contribution in [0.4, 0.5) is 4.79 Å². The summed E-state index contributed by atoms with van der Waals surface area (Å²) >= 11 is 5.90. The van der Waals surface area contributed by atoms with E-state index in [0.29, 0.717) is 17.4 Å². The summed E-state index contributed by atoms with van der Waals surface area (Å²) in [5, 5.41) is 7.71. The molecule has 0 heterocycles. The molecule has 142 valence electrons. The summed E-state index contributed by atoms with van der Waals surface area (Å²) in [5.41, 5.74) is 4.35. The van der Waals surface area contributed by atoms with E-state index >= 15 is 0 Å². The number of rotatable bonds is 6. The summed E-state index contributed by atoms with van der Waals surface area (Å²) in [7, 11) is 0. The van der Waals surface area contributed by atoms with E-state index in [9.17, 15) is 4.79 Å². The molecule has 0 bridgehead atoms. The van der Waals surface area contributed by atoms with Crippen molar-refractivity contribution in [3.05, 3.63) is 64.7 Å². The number of urea groups is 1. The van der Waals surface area contributed by atoms with E-state index in [4.69, 9.17) is 16.3 Å². The number of hydrogen-bond acceptors (Lipinski definition) is 3. The van der Waals surface area contributed by atoms with Gasteiger partial charge >= 0.3 is 6.03 Å². The first-order valence-corrected chi connectivity index (χ1v) is 9.64. The van der Waals surface area contributed by atoms with Crippen molar-refractivity contribution in [2.24, 2.45) is 5.10 Å². The van der Waals surface area contributed by atoms with Crippen LogP contribution in [0.2, 0.25) is 5.02 Å². The number of para-hydroxylation sites is 1. The number of nitrogens with one attached hydrogen (secondary N) is 2. The normalized spacial score (nSPS) is 14.9. The van der Waals surface area contributed by atoms with E-state index in [1.807, 2.05) is 48.5 Å². The van der Waals surface area contributed by atoms with Crippen LogP contribution < -0.4 is 15.5 Å². The van der Waals surface area contributed by atoms with Crippen molar-refractivity contribution >= 4 is 23.8 Å². The van der Waals surface area contributed by atoms with Crippen LogP contribution in [-0.4, -0.2) is 18.3 Å². The molecule has 0 aromatic heterocycles. The number of benzene rings is 2. The SMILES string of the molecule is O=C(N/N=C/c1ccccc1OCc1ccc(Cl)cc1)NC1CCCCC1. The quantitative estimate of drug-likeness (QED) is 0.549. The van der Waals surface area contributed by atoms with Crippen molar-refractivity contribution in [3.8, 4) is 5.75 Å². The second kappa shape index (κ2) is 9.97. The van der Waals surface area contributed by atoms with Crippen molar-refractivity contribution in [1.29, 1.82) is 0 Å². The van der Waals surface area contributed by atoms with Gasteiger partial charge in [0.2, 0.25) is 0 Å². The molecule has 0 atom stereocenters. The zero-order chi connectivity index (χ0) is 18.9. The highest BCUT2D eigenvalue weighted by atomic mass is 35.5. The third-order valence-corrected chi connectivity index (χ3v) is 4.79. The lowest BCUT2D eigenvalue weighted by Crippen LogP contribution is -2.41. The first-order valence-electron chi connectivity index (χ1n) is 9.26. The molecule has 0 spiro atoms. The van der Waals surface area contributed by atoms with Gasteiger partial charge in [-0.1, -0.05) is 55.1 Å². The number of hydrogen-bond donors (Lipinski definition) is 2. The fraction of sp³-hybridized carbons (Fsp3) is 0.333. The van der Waals surface area contributed by atoms with Gasteiger partial charge in [-0.15, -0.1) is 0 Å². The maximum Gasteiger partial charge on any atom is 0.335 e. The Hall–Kier alpha value is -2.53. The van der Waals surface area contributed by atoms with E-state index in [0.717, 1.165) is 24.0 Å². The lowest BCUT2D eigenvalue weighted by atomic mass is 9.96. The molecule has 2 aromatic carbocycles. The minimum Gasteiger partial charge on any atom is -0.488 e. The number of ether oxygens (including phenoxy) is 1. The number of halogens is 1. The van der Waals surface area contributed by atoms with E-state index in [2.05, 4.69) is 15.8 Å². The highest BCUT2D eigenvalue weighted by Crippen LogP contribution is 2.19. The van der Waals surface area contributed by atoms with Crippen LogP contribution in [-0.2, 0) is 6.61 Å². The zero-order valence-electron chi connectivity index (χ0n) is 15.2. The Bertz CT molecular complexity index is 771. The van der Waals surface area contributed by atoms with Crippen molar-refractivity contribution in [1.82, 2.24) is 10.7 Å². The van der Waals surface area contributed by atoms with Crippen LogP contribution in [0.1, 0.15) is 43.2 Å². The fourth-order valence-corrected chi connectivity index (χ4v) is 3.21. The molecule has 2 aromatic rings. The molecule has 1 fully saturated rings. The zero-order valence-corrected chi connectivity index (χ0v) is 15.9. The van der Waals surface area contributed by atoms with Crippen LogP contribution in [0.15, 0.2) is 53.6 Å². The summed E-state index contributed by atoms with van der Waals surface area (Å²) in [6.45, 7) is 0.428. The molecule has 1 aliphatic carbocycles. The predicted octanol–water partition coefficient (Wildman–Crippen LogP) is 4.88. The van der Waals surface area contributed by atoms with E-state index in [-0.39, 0.29) is 12.1 Å². The molecule has 0 aliphatic heterocycles. The first kappa shape index (κ1) is 19.2. The molecule has 2 N–H and O–H groups in total. The average molecular weight is 386 g/mol. The van der Waals surface area contributed by atoms with Crippen molar-refractivity contribution in [2.75, 3.05) is 0 Å². The van der Waals surface area contributed by atoms with E-state index in [1.54, 1.807) is 6.21 Å². The Morgan fingerprint density at radius 3 is 2.63 bits per heavy atom. The number of carbonyl (C=O) groups excluding carboxylic acids is 1. The van der Waals surface area contributed by atoms with Gasteiger partial charge in [-0.25, -0.2) is 10.2 Å². The number of carbonyl (C=O) groups is 1. The van der Waals surface area contributed by atoms with Gasteiger partial charge in [0.25, 0.3) is 0 Å². The highest BCUT2D eigenvalue weighted by Gasteiger charge is 2.15. The Morgan fingerprint density at radius 2 is 1.85 bits per heavy atom. The van der Waals surface area contributed by atoms with Crippen LogP contribution in [0.5, 0.6) is 5.75 Å².